The van der Waals surface area contributed by atoms with Crippen LogP contribution in [0.2, 0.25) is 0 Å². The second-order valence-electron chi connectivity index (χ2n) is 3.08. The molecule has 0 heterocycles. The van der Waals surface area contributed by atoms with Crippen LogP contribution in [0.15, 0.2) is 30.3 Å². The first-order valence-electron chi connectivity index (χ1n) is 4.49. The highest BCUT2D eigenvalue weighted by Gasteiger charge is 2.11. The lowest BCUT2D eigenvalue weighted by molar-refractivity contribution is -0.119. The molecule has 1 aromatic carbocycles. The molecule has 0 aliphatic carbocycles. The molecule has 0 aromatic heterocycles. The fourth-order valence-corrected chi connectivity index (χ4v) is 0.995. The summed E-state index contributed by atoms with van der Waals surface area (Å²) in [6.45, 7) is 0.0447. The number of hydrogen-bond donors (Lipinski definition) is 3. The van der Waals surface area contributed by atoms with Gasteiger partial charge in [0, 0.05) is 12.1 Å². The maximum Gasteiger partial charge on any atom is 0.251 e. The molecule has 1 atom stereocenters. The van der Waals surface area contributed by atoms with Crippen LogP contribution in [0.3, 0.4) is 0 Å². The molecule has 5 N–H and O–H groups in total. The minimum atomic E-state index is -0.849. The molecule has 0 fully saturated rings. The van der Waals surface area contributed by atoms with Crippen molar-refractivity contribution in [3.63, 3.8) is 0 Å². The van der Waals surface area contributed by atoms with Crippen LogP contribution in [-0.4, -0.2) is 24.4 Å². The molecule has 2 amide bonds. The van der Waals surface area contributed by atoms with E-state index in [2.05, 4.69) is 5.32 Å². The molecule has 80 valence electrons. The molecule has 0 bridgehead atoms. The Labute approximate surface area is 87.4 Å². The molecule has 5 nitrogen and oxygen atoms in total. The highest BCUT2D eigenvalue weighted by Crippen LogP contribution is 1.97. The Morgan fingerprint density at radius 3 is 2.40 bits per heavy atom. The Hall–Kier alpha value is -1.88. The predicted molar refractivity (Wildman–Crippen MR) is 55.9 cm³/mol. The molecule has 0 saturated carbocycles. The second kappa shape index (κ2) is 5.11. The van der Waals surface area contributed by atoms with Gasteiger partial charge in [0.15, 0.2) is 0 Å². The number of carbonyl (C=O) groups is 2. The van der Waals surface area contributed by atoms with Gasteiger partial charge in [-0.2, -0.15) is 0 Å². The fraction of sp³-hybridized carbons (Fsp3) is 0.200. The lowest BCUT2D eigenvalue weighted by Crippen LogP contribution is -2.45. The number of nitrogens with two attached hydrogens (primary N) is 2. The molecular weight excluding hydrogens is 194 g/mol. The Morgan fingerprint density at radius 2 is 1.87 bits per heavy atom. The van der Waals surface area contributed by atoms with E-state index in [1.807, 2.05) is 6.07 Å². The van der Waals surface area contributed by atoms with Gasteiger partial charge in [0.1, 0.15) is 6.04 Å². The van der Waals surface area contributed by atoms with Gasteiger partial charge in [-0.05, 0) is 12.1 Å². The maximum absolute atomic E-state index is 11.5. The van der Waals surface area contributed by atoms with Crippen molar-refractivity contribution >= 4 is 11.8 Å². The highest BCUT2D eigenvalue weighted by atomic mass is 16.2. The van der Waals surface area contributed by atoms with Crippen molar-refractivity contribution < 1.29 is 9.59 Å². The van der Waals surface area contributed by atoms with Crippen molar-refractivity contribution in [3.8, 4) is 0 Å². The predicted octanol–water partition coefficient (Wildman–Crippen LogP) is -0.771. The van der Waals surface area contributed by atoms with E-state index in [-0.39, 0.29) is 12.5 Å². The van der Waals surface area contributed by atoms with E-state index in [0.29, 0.717) is 5.56 Å². The lowest BCUT2D eigenvalue weighted by Gasteiger charge is -2.08. The van der Waals surface area contributed by atoms with Crippen molar-refractivity contribution in [2.45, 2.75) is 6.04 Å². The van der Waals surface area contributed by atoms with E-state index in [0.717, 1.165) is 0 Å². The molecule has 0 aliphatic rings. The topological polar surface area (TPSA) is 98.2 Å². The van der Waals surface area contributed by atoms with E-state index in [4.69, 9.17) is 11.5 Å². The van der Waals surface area contributed by atoms with E-state index >= 15 is 0 Å². The van der Waals surface area contributed by atoms with E-state index < -0.39 is 11.9 Å². The smallest absolute Gasteiger partial charge is 0.251 e. The number of amides is 2. The van der Waals surface area contributed by atoms with E-state index in [9.17, 15) is 9.59 Å². The van der Waals surface area contributed by atoms with Crippen LogP contribution in [-0.2, 0) is 4.79 Å². The van der Waals surface area contributed by atoms with Crippen LogP contribution in [0.25, 0.3) is 0 Å². The zero-order chi connectivity index (χ0) is 11.3. The van der Waals surface area contributed by atoms with Gasteiger partial charge < -0.3 is 16.8 Å². The van der Waals surface area contributed by atoms with Crippen molar-refractivity contribution in [2.24, 2.45) is 11.5 Å². The summed E-state index contributed by atoms with van der Waals surface area (Å²) in [7, 11) is 0. The summed E-state index contributed by atoms with van der Waals surface area (Å²) in [6, 6.07) is 7.81. The molecular formula is C10H13N3O2. The monoisotopic (exact) mass is 207 g/mol. The summed E-state index contributed by atoms with van der Waals surface area (Å²) in [5.41, 5.74) is 10.8. The molecule has 1 aromatic rings. The van der Waals surface area contributed by atoms with Crippen molar-refractivity contribution in [1.82, 2.24) is 5.32 Å². The average molecular weight is 207 g/mol. The summed E-state index contributed by atoms with van der Waals surface area (Å²) >= 11 is 0. The van der Waals surface area contributed by atoms with Gasteiger partial charge in [0.05, 0.1) is 0 Å². The third-order valence-corrected chi connectivity index (χ3v) is 1.88. The Balaban J connectivity index is 2.47. The number of nitrogens with one attached hydrogen (secondary N) is 1. The van der Waals surface area contributed by atoms with Gasteiger partial charge in [0.2, 0.25) is 5.91 Å². The largest absolute Gasteiger partial charge is 0.368 e. The molecule has 1 rings (SSSR count). The SMILES string of the molecule is NC(=O)C(N)CNC(=O)c1ccccc1. The molecule has 0 saturated heterocycles. The van der Waals surface area contributed by atoms with Gasteiger partial charge in [-0.15, -0.1) is 0 Å². The van der Waals surface area contributed by atoms with Crippen LogP contribution in [0.4, 0.5) is 0 Å². The fourth-order valence-electron chi connectivity index (χ4n) is 0.995. The van der Waals surface area contributed by atoms with Crippen molar-refractivity contribution in [1.29, 1.82) is 0 Å². The first-order chi connectivity index (χ1) is 7.11. The third kappa shape index (κ3) is 3.40. The number of primary amides is 1. The van der Waals surface area contributed by atoms with Crippen LogP contribution in [0.5, 0.6) is 0 Å². The molecule has 5 heteroatoms. The lowest BCUT2D eigenvalue weighted by atomic mass is 10.2. The number of rotatable bonds is 4. The normalized spacial score (nSPS) is 11.8. The van der Waals surface area contributed by atoms with Gasteiger partial charge in [-0.1, -0.05) is 18.2 Å². The van der Waals surface area contributed by atoms with Crippen LogP contribution in [0.1, 0.15) is 10.4 Å². The van der Waals surface area contributed by atoms with Crippen molar-refractivity contribution in [2.75, 3.05) is 6.54 Å². The summed E-state index contributed by atoms with van der Waals surface area (Å²) in [5, 5.41) is 2.52. The second-order valence-corrected chi connectivity index (χ2v) is 3.08. The summed E-state index contributed by atoms with van der Waals surface area (Å²) in [6.07, 6.45) is 0. The average Bonchev–Trinajstić information content (AvgIpc) is 2.26. The standard InChI is InChI=1S/C10H13N3O2/c11-8(9(12)14)6-13-10(15)7-4-2-1-3-5-7/h1-5,8H,6,11H2,(H2,12,14)(H,13,15). The number of carbonyl (C=O) groups excluding carboxylic acids is 2. The van der Waals surface area contributed by atoms with Crippen LogP contribution >= 0.6 is 0 Å². The first kappa shape index (κ1) is 11.2. The zero-order valence-corrected chi connectivity index (χ0v) is 8.14. The molecule has 0 radical (unpaired) electrons. The van der Waals surface area contributed by atoms with E-state index in [1.165, 1.54) is 0 Å². The van der Waals surface area contributed by atoms with Crippen LogP contribution < -0.4 is 16.8 Å². The molecule has 0 spiro atoms. The third-order valence-electron chi connectivity index (χ3n) is 1.88. The Kier molecular flexibility index (Phi) is 3.82. The quantitative estimate of drug-likeness (QED) is 0.604. The van der Waals surface area contributed by atoms with Gasteiger partial charge >= 0.3 is 0 Å². The number of benzene rings is 1. The maximum atomic E-state index is 11.5. The highest BCUT2D eigenvalue weighted by molar-refractivity contribution is 5.94. The minimum Gasteiger partial charge on any atom is -0.368 e. The molecule has 0 aliphatic heterocycles. The Morgan fingerprint density at radius 1 is 1.27 bits per heavy atom. The van der Waals surface area contributed by atoms with Gasteiger partial charge in [-0.25, -0.2) is 0 Å². The summed E-state index contributed by atoms with van der Waals surface area (Å²) in [4.78, 5) is 22.0. The summed E-state index contributed by atoms with van der Waals surface area (Å²) < 4.78 is 0. The number of hydrogen-bond acceptors (Lipinski definition) is 3. The van der Waals surface area contributed by atoms with Gasteiger partial charge in [0.25, 0.3) is 5.91 Å². The minimum absolute atomic E-state index is 0.0447. The van der Waals surface area contributed by atoms with Gasteiger partial charge in [-0.3, -0.25) is 9.59 Å². The van der Waals surface area contributed by atoms with E-state index in [1.54, 1.807) is 24.3 Å². The summed E-state index contributed by atoms with van der Waals surface area (Å²) in [5.74, 6) is -0.907. The molecule has 1 unspecified atom stereocenters. The van der Waals surface area contributed by atoms with Crippen molar-refractivity contribution in [3.05, 3.63) is 35.9 Å². The van der Waals surface area contributed by atoms with Crippen LogP contribution in [0, 0.1) is 0 Å². The Bertz CT molecular complexity index is 351. The first-order valence-corrected chi connectivity index (χ1v) is 4.49. The molecule has 15 heavy (non-hydrogen) atoms. The zero-order valence-electron chi connectivity index (χ0n) is 8.14.